The quantitative estimate of drug-likeness (QED) is 0.809. The average molecular weight is 309 g/mol. The van der Waals surface area contributed by atoms with Gasteiger partial charge in [0.25, 0.3) is 0 Å². The van der Waals surface area contributed by atoms with Gasteiger partial charge in [-0.05, 0) is 48.2 Å². The van der Waals surface area contributed by atoms with E-state index in [9.17, 15) is 0 Å². The third-order valence-corrected chi connectivity index (χ3v) is 4.45. The summed E-state index contributed by atoms with van der Waals surface area (Å²) in [5.41, 5.74) is 3.97. The fourth-order valence-electron chi connectivity index (χ4n) is 3.08. The van der Waals surface area contributed by atoms with Gasteiger partial charge < -0.3 is 9.47 Å². The van der Waals surface area contributed by atoms with Crippen molar-refractivity contribution >= 4 is 5.71 Å². The lowest BCUT2D eigenvalue weighted by molar-refractivity contribution is 0.414. The highest BCUT2D eigenvalue weighted by molar-refractivity contribution is 5.90. The van der Waals surface area contributed by atoms with Crippen LogP contribution in [0, 0.1) is 5.92 Å². The minimum atomic E-state index is 0.547. The van der Waals surface area contributed by atoms with Gasteiger partial charge >= 0.3 is 0 Å². The van der Waals surface area contributed by atoms with Crippen molar-refractivity contribution in [3.8, 4) is 11.5 Å². The van der Waals surface area contributed by atoms with Crippen LogP contribution in [0.1, 0.15) is 17.5 Å². The van der Waals surface area contributed by atoms with Crippen molar-refractivity contribution < 1.29 is 9.47 Å². The summed E-state index contributed by atoms with van der Waals surface area (Å²) in [6, 6.07) is 16.7. The minimum absolute atomic E-state index is 0.547. The topological polar surface area (TPSA) is 30.8 Å². The Hall–Kier alpha value is -2.29. The van der Waals surface area contributed by atoms with Gasteiger partial charge in [0.15, 0.2) is 0 Å². The number of methoxy groups -OCH3 is 2. The highest BCUT2D eigenvalue weighted by Gasteiger charge is 2.21. The average Bonchev–Trinajstić information content (AvgIpc) is 3.03. The maximum absolute atomic E-state index is 5.22. The summed E-state index contributed by atoms with van der Waals surface area (Å²) in [6.45, 7) is 0.951. The molecule has 1 aliphatic heterocycles. The molecule has 3 heteroatoms. The van der Waals surface area contributed by atoms with E-state index < -0.39 is 0 Å². The van der Waals surface area contributed by atoms with Crippen LogP contribution in [0.5, 0.6) is 11.5 Å². The first-order valence-corrected chi connectivity index (χ1v) is 8.07. The Labute approximate surface area is 138 Å². The molecule has 2 aromatic rings. The van der Waals surface area contributed by atoms with Crippen LogP contribution in [0.4, 0.5) is 0 Å². The monoisotopic (exact) mass is 309 g/mol. The van der Waals surface area contributed by atoms with Crippen LogP contribution >= 0.6 is 0 Å². The number of hydrogen-bond acceptors (Lipinski definition) is 3. The molecule has 2 aromatic carbocycles. The first kappa shape index (κ1) is 15.6. The number of hydrogen-bond donors (Lipinski definition) is 0. The van der Waals surface area contributed by atoms with E-state index in [1.807, 2.05) is 24.3 Å². The van der Waals surface area contributed by atoms with Crippen molar-refractivity contribution in [1.29, 1.82) is 0 Å². The second-order valence-electron chi connectivity index (χ2n) is 5.94. The molecule has 3 nitrogen and oxygen atoms in total. The second kappa shape index (κ2) is 7.32. The Kier molecular flexibility index (Phi) is 4.96. The smallest absolute Gasteiger partial charge is 0.118 e. The number of nitrogens with zero attached hydrogens (tertiary/aromatic N) is 1. The molecule has 3 rings (SSSR count). The Morgan fingerprint density at radius 1 is 0.870 bits per heavy atom. The summed E-state index contributed by atoms with van der Waals surface area (Å²) in [6.07, 6.45) is 3.14. The lowest BCUT2D eigenvalue weighted by Gasteiger charge is -2.14. The molecule has 0 saturated heterocycles. The first-order chi connectivity index (χ1) is 11.3. The molecule has 0 amide bonds. The summed E-state index contributed by atoms with van der Waals surface area (Å²) in [4.78, 5) is 4.75. The molecule has 1 aliphatic rings. The fourth-order valence-corrected chi connectivity index (χ4v) is 3.08. The molecule has 0 saturated carbocycles. The Morgan fingerprint density at radius 3 is 2.00 bits per heavy atom. The van der Waals surface area contributed by atoms with E-state index >= 15 is 0 Å². The molecule has 23 heavy (non-hydrogen) atoms. The van der Waals surface area contributed by atoms with Crippen molar-refractivity contribution in [2.24, 2.45) is 10.9 Å². The molecule has 0 N–H and O–H groups in total. The molecule has 1 unspecified atom stereocenters. The van der Waals surface area contributed by atoms with E-state index in [0.29, 0.717) is 5.92 Å². The molecular formula is C20H23NO2. The normalized spacial score (nSPS) is 17.0. The van der Waals surface area contributed by atoms with Crippen molar-refractivity contribution in [3.05, 3.63) is 59.7 Å². The highest BCUT2D eigenvalue weighted by Crippen LogP contribution is 2.24. The molecule has 120 valence electrons. The van der Waals surface area contributed by atoms with Gasteiger partial charge in [-0.25, -0.2) is 0 Å². The minimum Gasteiger partial charge on any atom is -0.497 e. The SMILES string of the molecule is COc1ccc(CC2=NCCC2Cc2ccc(OC)cc2)cc1. The third-order valence-electron chi connectivity index (χ3n) is 4.45. The van der Waals surface area contributed by atoms with E-state index in [0.717, 1.165) is 37.3 Å². The largest absolute Gasteiger partial charge is 0.497 e. The summed E-state index contributed by atoms with van der Waals surface area (Å²) >= 11 is 0. The van der Waals surface area contributed by atoms with Crippen LogP contribution in [0.25, 0.3) is 0 Å². The molecule has 0 fully saturated rings. The fraction of sp³-hybridized carbons (Fsp3) is 0.350. The molecule has 0 aromatic heterocycles. The zero-order valence-electron chi connectivity index (χ0n) is 13.8. The van der Waals surface area contributed by atoms with Crippen LogP contribution < -0.4 is 9.47 Å². The Balaban J connectivity index is 1.64. The predicted octanol–water partition coefficient (Wildman–Crippen LogP) is 3.95. The Morgan fingerprint density at radius 2 is 1.43 bits per heavy atom. The molecule has 0 bridgehead atoms. The van der Waals surface area contributed by atoms with E-state index in [4.69, 9.17) is 14.5 Å². The van der Waals surface area contributed by atoms with Gasteiger partial charge in [-0.2, -0.15) is 0 Å². The number of aliphatic imine (C=N–C) groups is 1. The van der Waals surface area contributed by atoms with E-state index in [1.54, 1.807) is 14.2 Å². The van der Waals surface area contributed by atoms with Gasteiger partial charge in [0, 0.05) is 24.6 Å². The number of benzene rings is 2. The van der Waals surface area contributed by atoms with E-state index in [1.165, 1.54) is 16.8 Å². The van der Waals surface area contributed by atoms with Gasteiger partial charge in [-0.3, -0.25) is 4.99 Å². The lowest BCUT2D eigenvalue weighted by Crippen LogP contribution is -2.15. The van der Waals surface area contributed by atoms with E-state index in [2.05, 4.69) is 24.3 Å². The third kappa shape index (κ3) is 3.92. The van der Waals surface area contributed by atoms with Crippen LogP contribution in [0.2, 0.25) is 0 Å². The zero-order chi connectivity index (χ0) is 16.1. The summed E-state index contributed by atoms with van der Waals surface area (Å²) in [5, 5.41) is 0. The molecule has 1 heterocycles. The van der Waals surface area contributed by atoms with Gasteiger partial charge in [0.2, 0.25) is 0 Å². The van der Waals surface area contributed by atoms with Crippen molar-refractivity contribution in [1.82, 2.24) is 0 Å². The molecule has 0 spiro atoms. The van der Waals surface area contributed by atoms with Gasteiger partial charge in [0.05, 0.1) is 14.2 Å². The van der Waals surface area contributed by atoms with Gasteiger partial charge in [-0.1, -0.05) is 24.3 Å². The van der Waals surface area contributed by atoms with Crippen molar-refractivity contribution in [2.75, 3.05) is 20.8 Å². The molecular weight excluding hydrogens is 286 g/mol. The second-order valence-corrected chi connectivity index (χ2v) is 5.94. The van der Waals surface area contributed by atoms with Crippen molar-refractivity contribution in [2.45, 2.75) is 19.3 Å². The molecule has 0 radical (unpaired) electrons. The predicted molar refractivity (Wildman–Crippen MR) is 93.8 cm³/mol. The number of ether oxygens (including phenoxy) is 2. The standard InChI is InChI=1S/C20H23NO2/c1-22-18-7-3-15(4-8-18)13-17-11-12-21-20(17)14-16-5-9-19(23-2)10-6-16/h3-10,17H,11-14H2,1-2H3. The first-order valence-electron chi connectivity index (χ1n) is 8.07. The van der Waals surface area contributed by atoms with Crippen LogP contribution in [-0.2, 0) is 12.8 Å². The summed E-state index contributed by atoms with van der Waals surface area (Å²) in [7, 11) is 3.40. The summed E-state index contributed by atoms with van der Waals surface area (Å²) < 4.78 is 10.4. The molecule has 1 atom stereocenters. The van der Waals surface area contributed by atoms with E-state index in [-0.39, 0.29) is 0 Å². The summed E-state index contributed by atoms with van der Waals surface area (Å²) in [5.74, 6) is 2.36. The van der Waals surface area contributed by atoms with Gasteiger partial charge in [-0.15, -0.1) is 0 Å². The van der Waals surface area contributed by atoms with Crippen LogP contribution in [0.15, 0.2) is 53.5 Å². The zero-order valence-corrected chi connectivity index (χ0v) is 13.8. The number of rotatable bonds is 6. The Bertz CT molecular complexity index is 659. The lowest BCUT2D eigenvalue weighted by atomic mass is 9.90. The molecule has 0 aliphatic carbocycles. The van der Waals surface area contributed by atoms with Crippen LogP contribution in [-0.4, -0.2) is 26.5 Å². The highest BCUT2D eigenvalue weighted by atomic mass is 16.5. The van der Waals surface area contributed by atoms with Gasteiger partial charge in [0.1, 0.15) is 11.5 Å². The maximum Gasteiger partial charge on any atom is 0.118 e. The maximum atomic E-state index is 5.22. The van der Waals surface area contributed by atoms with Crippen LogP contribution in [0.3, 0.4) is 0 Å². The van der Waals surface area contributed by atoms with Crippen molar-refractivity contribution in [3.63, 3.8) is 0 Å².